The highest BCUT2D eigenvalue weighted by atomic mass is 32.1. The number of aromatic nitrogens is 1. The lowest BCUT2D eigenvalue weighted by molar-refractivity contribution is 0.1000. The molecule has 1 amide bonds. The lowest BCUT2D eigenvalue weighted by atomic mass is 10.2. The van der Waals surface area contributed by atoms with Crippen LogP contribution < -0.4 is 5.73 Å². The number of pyridine rings is 1. The summed E-state index contributed by atoms with van der Waals surface area (Å²) < 4.78 is 0. The van der Waals surface area contributed by atoms with E-state index in [0.29, 0.717) is 16.9 Å². The number of rotatable bonds is 1. The molecular formula is C9H8N2OS. The third-order valence-electron chi connectivity index (χ3n) is 1.33. The van der Waals surface area contributed by atoms with Crippen LogP contribution in [0.3, 0.4) is 0 Å². The van der Waals surface area contributed by atoms with Gasteiger partial charge in [-0.05, 0) is 6.07 Å². The van der Waals surface area contributed by atoms with Crippen LogP contribution in [-0.4, -0.2) is 16.6 Å². The number of nitrogens with zero attached hydrogens (tertiary/aromatic N) is 1. The van der Waals surface area contributed by atoms with Crippen LogP contribution in [0.15, 0.2) is 18.5 Å². The number of hydrogen-bond donors (Lipinski definition) is 2. The fraction of sp³-hybridized carbons (Fsp3) is 0.111. The van der Waals surface area contributed by atoms with Gasteiger partial charge in [-0.2, -0.15) is 12.6 Å². The SMILES string of the molecule is NC(=O)c1cncc(C#CCS)c1. The van der Waals surface area contributed by atoms with Crippen molar-refractivity contribution in [3.05, 3.63) is 29.6 Å². The van der Waals surface area contributed by atoms with Gasteiger partial charge >= 0.3 is 0 Å². The quantitative estimate of drug-likeness (QED) is 0.501. The van der Waals surface area contributed by atoms with Crippen molar-refractivity contribution in [1.29, 1.82) is 0 Å². The van der Waals surface area contributed by atoms with Crippen LogP contribution in [0.25, 0.3) is 0 Å². The molecule has 1 heterocycles. The first kappa shape index (κ1) is 9.62. The Morgan fingerprint density at radius 1 is 1.62 bits per heavy atom. The molecule has 0 spiro atoms. The molecule has 2 N–H and O–H groups in total. The highest BCUT2D eigenvalue weighted by Crippen LogP contribution is 1.99. The minimum absolute atomic E-state index is 0.367. The normalized spacial score (nSPS) is 8.69. The average molecular weight is 192 g/mol. The van der Waals surface area contributed by atoms with Crippen LogP contribution in [0, 0.1) is 11.8 Å². The molecule has 0 aliphatic rings. The van der Waals surface area contributed by atoms with E-state index in [0.717, 1.165) is 0 Å². The van der Waals surface area contributed by atoms with Gasteiger partial charge in [0.05, 0.1) is 11.3 Å². The molecule has 1 aromatic rings. The van der Waals surface area contributed by atoms with Crippen molar-refractivity contribution < 1.29 is 4.79 Å². The van der Waals surface area contributed by atoms with Crippen LogP contribution in [0.4, 0.5) is 0 Å². The summed E-state index contributed by atoms with van der Waals surface area (Å²) in [5.74, 6) is 5.52. The van der Waals surface area contributed by atoms with Crippen molar-refractivity contribution in [3.63, 3.8) is 0 Å². The number of nitrogens with two attached hydrogens (primary N) is 1. The first-order chi connectivity index (χ1) is 6.24. The van der Waals surface area contributed by atoms with E-state index in [9.17, 15) is 4.79 Å². The van der Waals surface area contributed by atoms with Crippen molar-refractivity contribution in [2.75, 3.05) is 5.75 Å². The third kappa shape index (κ3) is 2.80. The fourth-order valence-corrected chi connectivity index (χ4v) is 0.864. The molecule has 4 heteroatoms. The second-order valence-corrected chi connectivity index (χ2v) is 2.60. The summed E-state index contributed by atoms with van der Waals surface area (Å²) >= 11 is 3.93. The molecule has 0 radical (unpaired) electrons. The topological polar surface area (TPSA) is 56.0 Å². The van der Waals surface area contributed by atoms with Gasteiger partial charge < -0.3 is 5.73 Å². The zero-order valence-corrected chi connectivity index (χ0v) is 7.71. The monoisotopic (exact) mass is 192 g/mol. The van der Waals surface area contributed by atoms with Crippen LogP contribution in [0.2, 0.25) is 0 Å². The first-order valence-corrected chi connectivity index (χ1v) is 4.22. The Kier molecular flexibility index (Phi) is 3.35. The van der Waals surface area contributed by atoms with E-state index < -0.39 is 5.91 Å². The van der Waals surface area contributed by atoms with E-state index in [1.807, 2.05) is 0 Å². The van der Waals surface area contributed by atoms with E-state index >= 15 is 0 Å². The number of hydrogen-bond acceptors (Lipinski definition) is 3. The molecule has 0 aromatic carbocycles. The molecule has 3 nitrogen and oxygen atoms in total. The zero-order chi connectivity index (χ0) is 9.68. The maximum absolute atomic E-state index is 10.7. The predicted octanol–water partition coefficient (Wildman–Crippen LogP) is 0.462. The first-order valence-electron chi connectivity index (χ1n) is 3.58. The molecule has 1 rings (SSSR count). The molecule has 0 fully saturated rings. The molecule has 0 aliphatic carbocycles. The summed E-state index contributed by atoms with van der Waals surface area (Å²) in [6, 6.07) is 1.60. The largest absolute Gasteiger partial charge is 0.366 e. The minimum Gasteiger partial charge on any atom is -0.366 e. The van der Waals surface area contributed by atoms with E-state index in [-0.39, 0.29) is 0 Å². The molecule has 0 saturated carbocycles. The van der Waals surface area contributed by atoms with Crippen molar-refractivity contribution in [2.45, 2.75) is 0 Å². The molecule has 0 aliphatic heterocycles. The Hall–Kier alpha value is -1.47. The molecule has 13 heavy (non-hydrogen) atoms. The van der Waals surface area contributed by atoms with Crippen molar-refractivity contribution in [3.8, 4) is 11.8 Å². The molecule has 66 valence electrons. The van der Waals surface area contributed by atoms with E-state index in [2.05, 4.69) is 29.5 Å². The Bertz CT molecular complexity index is 379. The Morgan fingerprint density at radius 2 is 2.38 bits per heavy atom. The summed E-state index contributed by atoms with van der Waals surface area (Å²) in [4.78, 5) is 14.6. The number of thiol groups is 1. The number of amides is 1. The predicted molar refractivity (Wildman–Crippen MR) is 53.5 cm³/mol. The van der Waals surface area contributed by atoms with Gasteiger partial charge in [-0.25, -0.2) is 0 Å². The Labute approximate surface area is 81.8 Å². The van der Waals surface area contributed by atoms with Gasteiger partial charge in [0.25, 0.3) is 0 Å². The second-order valence-electron chi connectivity index (χ2n) is 2.29. The number of primary amides is 1. The maximum atomic E-state index is 10.7. The van der Waals surface area contributed by atoms with Crippen LogP contribution in [0.1, 0.15) is 15.9 Å². The average Bonchev–Trinajstić information content (AvgIpc) is 2.15. The number of carbonyl (C=O) groups is 1. The highest BCUT2D eigenvalue weighted by Gasteiger charge is 1.99. The molecule has 0 atom stereocenters. The maximum Gasteiger partial charge on any atom is 0.250 e. The second kappa shape index (κ2) is 4.53. The molecular weight excluding hydrogens is 184 g/mol. The summed E-state index contributed by atoms with van der Waals surface area (Å²) in [6.45, 7) is 0. The standard InChI is InChI=1S/C9H8N2OS/c10-9(12)8-4-7(2-1-3-13)5-11-6-8/h4-6,13H,3H2,(H2,10,12). The van der Waals surface area contributed by atoms with Gasteiger partial charge in [-0.1, -0.05) is 11.8 Å². The fourth-order valence-electron chi connectivity index (χ4n) is 0.785. The van der Waals surface area contributed by atoms with Gasteiger partial charge in [-0.15, -0.1) is 0 Å². The Balaban J connectivity index is 2.98. The van der Waals surface area contributed by atoms with E-state index in [1.165, 1.54) is 6.20 Å². The zero-order valence-electron chi connectivity index (χ0n) is 6.82. The molecule has 0 unspecified atom stereocenters. The number of carbonyl (C=O) groups excluding carboxylic acids is 1. The van der Waals surface area contributed by atoms with Crippen LogP contribution in [0.5, 0.6) is 0 Å². The van der Waals surface area contributed by atoms with Gasteiger partial charge in [0.2, 0.25) is 5.91 Å². The van der Waals surface area contributed by atoms with Gasteiger partial charge in [0.15, 0.2) is 0 Å². The van der Waals surface area contributed by atoms with Crippen molar-refractivity contribution in [2.24, 2.45) is 5.73 Å². The smallest absolute Gasteiger partial charge is 0.250 e. The summed E-state index contributed by atoms with van der Waals surface area (Å²) in [7, 11) is 0. The van der Waals surface area contributed by atoms with Gasteiger partial charge in [0.1, 0.15) is 0 Å². The van der Waals surface area contributed by atoms with Gasteiger partial charge in [-0.3, -0.25) is 9.78 Å². The molecule has 0 bridgehead atoms. The van der Waals surface area contributed by atoms with Crippen LogP contribution in [-0.2, 0) is 0 Å². The van der Waals surface area contributed by atoms with Crippen molar-refractivity contribution >= 4 is 18.5 Å². The summed E-state index contributed by atoms with van der Waals surface area (Å²) in [5, 5.41) is 0. The Morgan fingerprint density at radius 3 is 3.00 bits per heavy atom. The lowest BCUT2D eigenvalue weighted by Crippen LogP contribution is -2.11. The summed E-state index contributed by atoms with van der Waals surface area (Å²) in [5.41, 5.74) is 6.11. The molecule has 0 saturated heterocycles. The van der Waals surface area contributed by atoms with Crippen molar-refractivity contribution in [1.82, 2.24) is 4.98 Å². The molecule has 1 aromatic heterocycles. The van der Waals surface area contributed by atoms with E-state index in [4.69, 9.17) is 5.73 Å². The highest BCUT2D eigenvalue weighted by molar-refractivity contribution is 7.80. The third-order valence-corrected chi connectivity index (χ3v) is 1.49. The van der Waals surface area contributed by atoms with E-state index in [1.54, 1.807) is 12.3 Å². The minimum atomic E-state index is -0.498. The van der Waals surface area contributed by atoms with Gasteiger partial charge in [0, 0.05) is 18.0 Å². The lowest BCUT2D eigenvalue weighted by Gasteiger charge is -1.93. The van der Waals surface area contributed by atoms with Crippen LogP contribution >= 0.6 is 12.6 Å². The summed E-state index contributed by atoms with van der Waals surface area (Å²) in [6.07, 6.45) is 2.98.